The molecule has 0 radical (unpaired) electrons. The minimum Gasteiger partial charge on any atom is -0.467 e. The van der Waals surface area contributed by atoms with E-state index in [2.05, 4.69) is 15.9 Å². The van der Waals surface area contributed by atoms with Crippen molar-refractivity contribution in [2.45, 2.75) is 6.54 Å². The van der Waals surface area contributed by atoms with Crippen molar-refractivity contribution in [2.24, 2.45) is 5.84 Å². The first-order valence-corrected chi connectivity index (χ1v) is 6.35. The Morgan fingerprint density at radius 1 is 1.57 bits per heavy atom. The monoisotopic (exact) mass is 356 g/mol. The number of nitrogens with zero attached hydrogens (tertiary/aromatic N) is 2. The average Bonchev–Trinajstić information content (AvgIpc) is 2.90. The number of carbonyl (C=O) groups excluding carboxylic acids is 1. The quantitative estimate of drug-likeness (QED) is 0.359. The van der Waals surface area contributed by atoms with Crippen molar-refractivity contribution in [2.75, 3.05) is 0 Å². The molecule has 2 aromatic heterocycles. The number of nitrogen functional groups attached to an aromatic ring is 1. The zero-order valence-corrected chi connectivity index (χ0v) is 12.0. The second-order valence-corrected chi connectivity index (χ2v) is 4.82. The van der Waals surface area contributed by atoms with E-state index < -0.39 is 16.4 Å². The maximum Gasteiger partial charge on any atom is 0.286 e. The van der Waals surface area contributed by atoms with Crippen molar-refractivity contribution < 1.29 is 14.1 Å². The van der Waals surface area contributed by atoms with Crippen LogP contribution in [0.5, 0.6) is 0 Å². The molecule has 3 N–H and O–H groups in total. The minimum atomic E-state index is -0.629. The Morgan fingerprint density at radius 3 is 2.90 bits per heavy atom. The fourth-order valence-corrected chi connectivity index (χ4v) is 2.16. The number of nitrogens with one attached hydrogen (secondary N) is 1. The molecule has 0 aliphatic heterocycles. The van der Waals surface area contributed by atoms with Gasteiger partial charge in [0.15, 0.2) is 0 Å². The average molecular weight is 357 g/mol. The lowest BCUT2D eigenvalue weighted by Crippen LogP contribution is -2.31. The Hall–Kier alpha value is -2.46. The molecule has 0 atom stereocenters. The molecule has 0 saturated carbocycles. The summed E-state index contributed by atoms with van der Waals surface area (Å²) in [5.74, 6) is 4.61. The molecule has 0 spiro atoms. The summed E-state index contributed by atoms with van der Waals surface area (Å²) < 4.78 is 6.22. The van der Waals surface area contributed by atoms with E-state index in [1.807, 2.05) is 5.43 Å². The van der Waals surface area contributed by atoms with Gasteiger partial charge in [-0.3, -0.25) is 25.1 Å². The van der Waals surface area contributed by atoms with Gasteiger partial charge >= 0.3 is 0 Å². The van der Waals surface area contributed by atoms with Gasteiger partial charge in [0.25, 0.3) is 17.2 Å². The van der Waals surface area contributed by atoms with Crippen LogP contribution in [0.25, 0.3) is 0 Å². The zero-order chi connectivity index (χ0) is 15.6. The van der Waals surface area contributed by atoms with E-state index in [9.17, 15) is 19.7 Å². The van der Waals surface area contributed by atoms with Crippen molar-refractivity contribution in [1.82, 2.24) is 9.99 Å². The first-order valence-electron chi connectivity index (χ1n) is 5.55. The molecule has 10 heteroatoms. The number of aromatic nitrogens is 1. The number of amides is 1. The molecule has 110 valence electrons. The van der Waals surface area contributed by atoms with Crippen LogP contribution < -0.4 is 16.8 Å². The second-order valence-electron chi connectivity index (χ2n) is 3.97. The van der Waals surface area contributed by atoms with Crippen LogP contribution in [-0.4, -0.2) is 15.4 Å². The van der Waals surface area contributed by atoms with Crippen LogP contribution in [0.3, 0.4) is 0 Å². The van der Waals surface area contributed by atoms with Gasteiger partial charge in [-0.2, -0.15) is 0 Å². The van der Waals surface area contributed by atoms with Gasteiger partial charge in [0.1, 0.15) is 5.76 Å². The molecule has 2 heterocycles. The Balaban J connectivity index is 2.45. The number of furan rings is 1. The van der Waals surface area contributed by atoms with Crippen LogP contribution in [0.1, 0.15) is 16.1 Å². The number of hydrogen-bond acceptors (Lipinski definition) is 6. The maximum absolute atomic E-state index is 11.9. The number of nitrogens with two attached hydrogens (primary N) is 1. The predicted molar refractivity (Wildman–Crippen MR) is 74.5 cm³/mol. The van der Waals surface area contributed by atoms with E-state index in [4.69, 9.17) is 10.3 Å². The largest absolute Gasteiger partial charge is 0.467 e. The standard InChI is InChI=1S/C11H9BrN4O5/c12-8-3-6(16(19)20)4-15(11(8)18)5-9-7(1-2-21-9)10(17)14-13/h1-4H,5,13H2,(H,14,17). The Kier molecular flexibility index (Phi) is 4.19. The van der Waals surface area contributed by atoms with Gasteiger partial charge in [0.05, 0.1) is 34.0 Å². The van der Waals surface area contributed by atoms with Gasteiger partial charge in [-0.25, -0.2) is 5.84 Å². The number of pyridine rings is 1. The molecular formula is C11H9BrN4O5. The second kappa shape index (κ2) is 5.89. The van der Waals surface area contributed by atoms with E-state index in [0.29, 0.717) is 0 Å². The van der Waals surface area contributed by atoms with Gasteiger partial charge in [0.2, 0.25) is 0 Å². The molecule has 0 aliphatic carbocycles. The van der Waals surface area contributed by atoms with Crippen molar-refractivity contribution in [3.05, 3.63) is 60.9 Å². The molecular weight excluding hydrogens is 348 g/mol. The fraction of sp³-hybridized carbons (Fsp3) is 0.0909. The van der Waals surface area contributed by atoms with Gasteiger partial charge in [-0.15, -0.1) is 0 Å². The van der Waals surface area contributed by atoms with Gasteiger partial charge < -0.3 is 8.98 Å². The number of hydrazine groups is 1. The van der Waals surface area contributed by atoms with E-state index in [0.717, 1.165) is 16.8 Å². The first-order chi connectivity index (χ1) is 9.93. The molecule has 0 unspecified atom stereocenters. The van der Waals surface area contributed by atoms with E-state index in [1.165, 1.54) is 12.3 Å². The van der Waals surface area contributed by atoms with Crippen LogP contribution in [0.4, 0.5) is 5.69 Å². The smallest absolute Gasteiger partial charge is 0.286 e. The minimum absolute atomic E-state index is 0.0353. The maximum atomic E-state index is 11.9. The number of nitro groups is 1. The molecule has 0 saturated heterocycles. The highest BCUT2D eigenvalue weighted by Crippen LogP contribution is 2.17. The summed E-state index contributed by atoms with van der Waals surface area (Å²) in [6, 6.07) is 2.49. The third-order valence-corrected chi connectivity index (χ3v) is 3.24. The van der Waals surface area contributed by atoms with Crippen molar-refractivity contribution >= 4 is 27.5 Å². The topological polar surface area (TPSA) is 133 Å². The van der Waals surface area contributed by atoms with E-state index in [-0.39, 0.29) is 28.0 Å². The number of hydrogen-bond donors (Lipinski definition) is 2. The van der Waals surface area contributed by atoms with Crippen molar-refractivity contribution in [3.8, 4) is 0 Å². The Bertz CT molecular complexity index is 766. The van der Waals surface area contributed by atoms with Crippen molar-refractivity contribution in [3.63, 3.8) is 0 Å². The lowest BCUT2D eigenvalue weighted by molar-refractivity contribution is -0.385. The lowest BCUT2D eigenvalue weighted by Gasteiger charge is -2.06. The molecule has 0 aromatic carbocycles. The fourth-order valence-electron chi connectivity index (χ4n) is 1.70. The first kappa shape index (κ1) is 14.9. The summed E-state index contributed by atoms with van der Waals surface area (Å²) in [5.41, 5.74) is 1.34. The number of carbonyl (C=O) groups is 1. The molecule has 21 heavy (non-hydrogen) atoms. The molecule has 2 aromatic rings. The van der Waals surface area contributed by atoms with E-state index in [1.54, 1.807) is 0 Å². The summed E-state index contributed by atoms with van der Waals surface area (Å²) in [7, 11) is 0. The SMILES string of the molecule is NNC(=O)c1ccoc1Cn1cc([N+](=O)[O-])cc(Br)c1=O. The zero-order valence-electron chi connectivity index (χ0n) is 10.4. The van der Waals surface area contributed by atoms with Gasteiger partial charge in [-0.05, 0) is 22.0 Å². The summed E-state index contributed by atoms with van der Waals surface area (Å²) in [5, 5.41) is 10.8. The summed E-state index contributed by atoms with van der Waals surface area (Å²) in [6.45, 7) is -0.144. The molecule has 0 bridgehead atoms. The summed E-state index contributed by atoms with van der Waals surface area (Å²) in [6.07, 6.45) is 2.33. The molecule has 2 rings (SSSR count). The van der Waals surface area contributed by atoms with Gasteiger partial charge in [0, 0.05) is 6.07 Å². The Morgan fingerprint density at radius 2 is 2.29 bits per heavy atom. The lowest BCUT2D eigenvalue weighted by atomic mass is 10.2. The highest BCUT2D eigenvalue weighted by atomic mass is 79.9. The highest BCUT2D eigenvalue weighted by molar-refractivity contribution is 9.10. The van der Waals surface area contributed by atoms with Crippen LogP contribution in [0, 0.1) is 10.1 Å². The summed E-state index contributed by atoms with van der Waals surface area (Å²) >= 11 is 2.96. The molecule has 0 fully saturated rings. The molecule has 0 aliphatic rings. The third kappa shape index (κ3) is 3.01. The summed E-state index contributed by atoms with van der Waals surface area (Å²) in [4.78, 5) is 33.6. The third-order valence-electron chi connectivity index (χ3n) is 2.67. The number of halogens is 1. The van der Waals surface area contributed by atoms with Crippen LogP contribution in [-0.2, 0) is 6.54 Å². The van der Waals surface area contributed by atoms with Crippen LogP contribution in [0.2, 0.25) is 0 Å². The van der Waals surface area contributed by atoms with Gasteiger partial charge in [-0.1, -0.05) is 0 Å². The normalized spacial score (nSPS) is 10.4. The molecule has 9 nitrogen and oxygen atoms in total. The van der Waals surface area contributed by atoms with Crippen LogP contribution >= 0.6 is 15.9 Å². The Labute approximate surface area is 125 Å². The predicted octanol–water partition coefficient (Wildman–Crippen LogP) is 0.764. The van der Waals surface area contributed by atoms with E-state index >= 15 is 0 Å². The molecule has 1 amide bonds. The highest BCUT2D eigenvalue weighted by Gasteiger charge is 2.17. The van der Waals surface area contributed by atoms with Crippen LogP contribution in [0.15, 0.2) is 38.3 Å². The number of rotatable bonds is 4. The van der Waals surface area contributed by atoms with Crippen molar-refractivity contribution in [1.29, 1.82) is 0 Å².